The number of aliphatic hydroxyl groups excluding tert-OH is 1. The van der Waals surface area contributed by atoms with E-state index in [1.54, 1.807) is 12.1 Å². The van der Waals surface area contributed by atoms with Gasteiger partial charge in [0.1, 0.15) is 12.4 Å². The lowest BCUT2D eigenvalue weighted by Gasteiger charge is -2.16. The molecule has 0 saturated carbocycles. The maximum atomic E-state index is 13.2. The van der Waals surface area contributed by atoms with Crippen molar-refractivity contribution in [3.63, 3.8) is 0 Å². The van der Waals surface area contributed by atoms with E-state index in [0.29, 0.717) is 60.0 Å². The summed E-state index contributed by atoms with van der Waals surface area (Å²) in [7, 11) is 0. The maximum absolute atomic E-state index is 13.2. The van der Waals surface area contributed by atoms with Crippen LogP contribution in [0.15, 0.2) is 30.3 Å². The molecule has 0 aliphatic heterocycles. The monoisotopic (exact) mass is 431 g/mol. The number of hydrogen-bond donors (Lipinski definition) is 2. The van der Waals surface area contributed by atoms with E-state index in [9.17, 15) is 4.39 Å². The molecule has 0 heterocycles. The number of aliphatic hydroxyl groups is 1. The third-order valence-electron chi connectivity index (χ3n) is 3.74. The Morgan fingerprint density at radius 2 is 1.89 bits per heavy atom. The summed E-state index contributed by atoms with van der Waals surface area (Å²) in [4.78, 5) is 0. The fourth-order valence-electron chi connectivity index (χ4n) is 2.46. The molecule has 2 rings (SSSR count). The van der Waals surface area contributed by atoms with Crippen LogP contribution in [0.25, 0.3) is 0 Å². The lowest BCUT2D eigenvalue weighted by Crippen LogP contribution is -2.20. The normalized spacial score (nSPS) is 10.9. The average Bonchev–Trinajstić information content (AvgIpc) is 2.65. The van der Waals surface area contributed by atoms with Crippen LogP contribution >= 0.6 is 23.2 Å². The van der Waals surface area contributed by atoms with E-state index in [1.165, 1.54) is 12.1 Å². The van der Waals surface area contributed by atoms with E-state index >= 15 is 0 Å². The van der Waals surface area contributed by atoms with E-state index in [-0.39, 0.29) is 13.2 Å². The van der Waals surface area contributed by atoms with E-state index in [4.69, 9.17) is 42.5 Å². The first-order valence-corrected chi connectivity index (χ1v) is 9.72. The zero-order chi connectivity index (χ0) is 20.4. The van der Waals surface area contributed by atoms with Crippen LogP contribution in [0.4, 0.5) is 4.39 Å². The SMILES string of the molecule is CCOc1cc(CNCCOCCO)cc(Cl)c1OCc1ccc(F)cc1Cl. The minimum Gasteiger partial charge on any atom is -0.490 e. The topological polar surface area (TPSA) is 60.0 Å². The van der Waals surface area contributed by atoms with Crippen molar-refractivity contribution in [1.82, 2.24) is 5.32 Å². The molecular weight excluding hydrogens is 408 g/mol. The molecule has 0 unspecified atom stereocenters. The summed E-state index contributed by atoms with van der Waals surface area (Å²) in [6, 6.07) is 7.80. The summed E-state index contributed by atoms with van der Waals surface area (Å²) in [6.45, 7) is 4.53. The molecule has 0 aliphatic rings. The van der Waals surface area contributed by atoms with Crippen LogP contribution in [-0.4, -0.2) is 38.1 Å². The fourth-order valence-corrected chi connectivity index (χ4v) is 2.97. The van der Waals surface area contributed by atoms with E-state index < -0.39 is 5.82 Å². The minimum absolute atomic E-state index is 0.0118. The molecule has 0 aromatic heterocycles. The van der Waals surface area contributed by atoms with Crippen LogP contribution < -0.4 is 14.8 Å². The van der Waals surface area contributed by atoms with Crippen LogP contribution in [0, 0.1) is 5.82 Å². The molecule has 0 spiro atoms. The third-order valence-corrected chi connectivity index (χ3v) is 4.38. The van der Waals surface area contributed by atoms with Crippen molar-refractivity contribution in [1.29, 1.82) is 0 Å². The number of halogens is 3. The number of benzene rings is 2. The molecule has 0 aliphatic carbocycles. The first-order chi connectivity index (χ1) is 13.5. The van der Waals surface area contributed by atoms with Crippen LogP contribution in [0.3, 0.4) is 0 Å². The Morgan fingerprint density at radius 3 is 2.61 bits per heavy atom. The first kappa shape index (κ1) is 22.7. The molecule has 0 amide bonds. The van der Waals surface area contributed by atoms with Gasteiger partial charge in [0, 0.05) is 18.7 Å². The van der Waals surface area contributed by atoms with Gasteiger partial charge in [0.2, 0.25) is 0 Å². The summed E-state index contributed by atoms with van der Waals surface area (Å²) < 4.78 is 29.9. The molecule has 8 heteroatoms. The van der Waals surface area contributed by atoms with Gasteiger partial charge in [-0.05, 0) is 36.8 Å². The summed E-state index contributed by atoms with van der Waals surface area (Å²) in [5.74, 6) is 0.543. The Morgan fingerprint density at radius 1 is 1.07 bits per heavy atom. The summed E-state index contributed by atoms with van der Waals surface area (Å²) >= 11 is 12.5. The van der Waals surface area contributed by atoms with Crippen molar-refractivity contribution >= 4 is 23.2 Å². The second kappa shape index (κ2) is 12.1. The van der Waals surface area contributed by atoms with Gasteiger partial charge in [0.25, 0.3) is 0 Å². The van der Waals surface area contributed by atoms with Gasteiger partial charge in [-0.25, -0.2) is 4.39 Å². The lowest BCUT2D eigenvalue weighted by atomic mass is 10.2. The van der Waals surface area contributed by atoms with Gasteiger partial charge in [-0.15, -0.1) is 0 Å². The van der Waals surface area contributed by atoms with E-state index in [1.807, 2.05) is 13.0 Å². The predicted molar refractivity (Wildman–Crippen MR) is 108 cm³/mol. The molecule has 28 heavy (non-hydrogen) atoms. The van der Waals surface area contributed by atoms with Gasteiger partial charge in [-0.1, -0.05) is 29.3 Å². The zero-order valence-electron chi connectivity index (χ0n) is 15.6. The Hall–Kier alpha value is -1.57. The Kier molecular flexibility index (Phi) is 9.81. The summed E-state index contributed by atoms with van der Waals surface area (Å²) in [5, 5.41) is 12.6. The highest BCUT2D eigenvalue weighted by Crippen LogP contribution is 2.37. The Labute approximate surface area is 174 Å². The average molecular weight is 432 g/mol. The molecule has 2 N–H and O–H groups in total. The number of nitrogens with one attached hydrogen (secondary N) is 1. The van der Waals surface area contributed by atoms with E-state index in [2.05, 4.69) is 5.32 Å². The van der Waals surface area contributed by atoms with Crippen molar-refractivity contribution in [2.45, 2.75) is 20.1 Å². The van der Waals surface area contributed by atoms with Crippen LogP contribution in [0.1, 0.15) is 18.1 Å². The minimum atomic E-state index is -0.402. The smallest absolute Gasteiger partial charge is 0.180 e. The third kappa shape index (κ3) is 7.11. The lowest BCUT2D eigenvalue weighted by molar-refractivity contribution is 0.0938. The Bertz CT molecular complexity index is 761. The standard InChI is InChI=1S/C20H24Cl2FNO4/c1-2-27-19-10-14(12-24-5-7-26-8-6-25)9-18(22)20(19)28-13-15-3-4-16(23)11-17(15)21/h3-4,9-11,24-25H,2,5-8,12-13H2,1H3. The molecule has 2 aromatic rings. The number of rotatable bonds is 12. The highest BCUT2D eigenvalue weighted by molar-refractivity contribution is 6.32. The highest BCUT2D eigenvalue weighted by Gasteiger charge is 2.14. The molecule has 154 valence electrons. The van der Waals surface area contributed by atoms with Crippen molar-refractivity contribution < 1.29 is 23.7 Å². The highest BCUT2D eigenvalue weighted by atomic mass is 35.5. The first-order valence-electron chi connectivity index (χ1n) is 8.96. The molecule has 2 aromatic carbocycles. The summed E-state index contributed by atoms with van der Waals surface area (Å²) in [5.41, 5.74) is 1.58. The van der Waals surface area contributed by atoms with E-state index in [0.717, 1.165) is 5.56 Å². The molecular formula is C20H24Cl2FNO4. The quantitative estimate of drug-likeness (QED) is 0.492. The van der Waals surface area contributed by atoms with Crippen LogP contribution in [0.5, 0.6) is 11.5 Å². The molecule has 0 fully saturated rings. The van der Waals surface area contributed by atoms with Gasteiger partial charge in [0.05, 0.1) is 36.5 Å². The van der Waals surface area contributed by atoms with Crippen LogP contribution in [0.2, 0.25) is 10.0 Å². The van der Waals surface area contributed by atoms with Crippen LogP contribution in [-0.2, 0) is 17.9 Å². The predicted octanol–water partition coefficient (Wildman–Crippen LogP) is 4.21. The van der Waals surface area contributed by atoms with Crippen molar-refractivity contribution in [2.24, 2.45) is 0 Å². The fraction of sp³-hybridized carbons (Fsp3) is 0.400. The molecule has 0 saturated heterocycles. The van der Waals surface area contributed by atoms with Gasteiger partial charge >= 0.3 is 0 Å². The summed E-state index contributed by atoms with van der Waals surface area (Å²) in [6.07, 6.45) is 0. The van der Waals surface area contributed by atoms with Crippen molar-refractivity contribution in [3.8, 4) is 11.5 Å². The van der Waals surface area contributed by atoms with Gasteiger partial charge < -0.3 is 24.6 Å². The van der Waals surface area contributed by atoms with Gasteiger partial charge in [0.15, 0.2) is 11.5 Å². The van der Waals surface area contributed by atoms with Crippen molar-refractivity contribution in [3.05, 3.63) is 57.3 Å². The number of hydrogen-bond acceptors (Lipinski definition) is 5. The molecule has 5 nitrogen and oxygen atoms in total. The Balaban J connectivity index is 2.02. The largest absolute Gasteiger partial charge is 0.490 e. The molecule has 0 radical (unpaired) electrons. The maximum Gasteiger partial charge on any atom is 0.180 e. The van der Waals surface area contributed by atoms with Gasteiger partial charge in [-0.2, -0.15) is 0 Å². The molecule has 0 bridgehead atoms. The molecule has 0 atom stereocenters. The number of ether oxygens (including phenoxy) is 3. The van der Waals surface area contributed by atoms with Gasteiger partial charge in [-0.3, -0.25) is 0 Å². The second-order valence-electron chi connectivity index (χ2n) is 5.88. The zero-order valence-corrected chi connectivity index (χ0v) is 17.2. The van der Waals surface area contributed by atoms with Crippen molar-refractivity contribution in [2.75, 3.05) is 33.0 Å². The second-order valence-corrected chi connectivity index (χ2v) is 6.69.